The molecule has 0 spiro atoms. The molecule has 0 atom stereocenters. The molecule has 2 aromatic carbocycles. The summed E-state index contributed by atoms with van der Waals surface area (Å²) in [6, 6.07) is 13.1. The van der Waals surface area contributed by atoms with Crippen molar-refractivity contribution in [3.8, 4) is 0 Å². The van der Waals surface area contributed by atoms with Gasteiger partial charge in [0.25, 0.3) is 0 Å². The van der Waals surface area contributed by atoms with Gasteiger partial charge in [-0.15, -0.1) is 0 Å². The Morgan fingerprint density at radius 1 is 0.688 bits per heavy atom. The second kappa shape index (κ2) is 5.10. The van der Waals surface area contributed by atoms with E-state index in [9.17, 15) is 0 Å². The Labute approximate surface area is 96.3 Å². The van der Waals surface area contributed by atoms with Gasteiger partial charge in [0.05, 0.1) is 0 Å². The summed E-state index contributed by atoms with van der Waals surface area (Å²) in [5.41, 5.74) is 13.7. The summed E-state index contributed by atoms with van der Waals surface area (Å²) in [5, 5.41) is 2.57. The van der Waals surface area contributed by atoms with Crippen LogP contribution in [0.5, 0.6) is 0 Å². The second-order valence-electron chi connectivity index (χ2n) is 4.09. The first-order valence-electron chi connectivity index (χ1n) is 5.75. The van der Waals surface area contributed by atoms with Crippen LogP contribution >= 0.6 is 0 Å². The van der Waals surface area contributed by atoms with E-state index >= 15 is 0 Å². The summed E-state index contributed by atoms with van der Waals surface area (Å²) in [4.78, 5) is 0. The van der Waals surface area contributed by atoms with E-state index in [0.717, 1.165) is 12.8 Å². The fourth-order valence-corrected chi connectivity index (χ4v) is 1.99. The molecule has 0 amide bonds. The molecule has 0 radical (unpaired) electrons. The van der Waals surface area contributed by atoms with Crippen LogP contribution in [0.4, 0.5) is 0 Å². The minimum Gasteiger partial charge on any atom is -0.330 e. The molecule has 2 heteroatoms. The van der Waals surface area contributed by atoms with Gasteiger partial charge in [0, 0.05) is 0 Å². The Morgan fingerprint density at radius 2 is 1.19 bits per heavy atom. The molecule has 2 aromatic rings. The highest BCUT2D eigenvalue weighted by Crippen LogP contribution is 2.18. The van der Waals surface area contributed by atoms with E-state index in [0.29, 0.717) is 13.1 Å². The Bertz CT molecular complexity index is 436. The van der Waals surface area contributed by atoms with Crippen molar-refractivity contribution in [3.63, 3.8) is 0 Å². The van der Waals surface area contributed by atoms with Gasteiger partial charge in [-0.3, -0.25) is 0 Å². The first kappa shape index (κ1) is 11.1. The van der Waals surface area contributed by atoms with Crippen molar-refractivity contribution in [2.45, 2.75) is 12.8 Å². The summed E-state index contributed by atoms with van der Waals surface area (Å²) < 4.78 is 0. The molecule has 0 fully saturated rings. The maximum absolute atomic E-state index is 5.57. The normalized spacial score (nSPS) is 10.9. The second-order valence-corrected chi connectivity index (χ2v) is 4.09. The summed E-state index contributed by atoms with van der Waals surface area (Å²) >= 11 is 0. The fraction of sp³-hybridized carbons (Fsp3) is 0.286. The summed E-state index contributed by atoms with van der Waals surface area (Å²) in [5.74, 6) is 0. The zero-order valence-corrected chi connectivity index (χ0v) is 9.45. The molecule has 0 heterocycles. The van der Waals surface area contributed by atoms with Gasteiger partial charge in [0.1, 0.15) is 0 Å². The smallest absolute Gasteiger partial charge is 0.00367 e. The molecule has 0 bridgehead atoms. The molecule has 0 unspecified atom stereocenters. The standard InChI is InChI=1S/C14H18N2/c15-7-5-11-1-3-13-4-2-12(6-8-16)10-14(13)9-11/h1-4,9-10H,5-8,15-16H2. The van der Waals surface area contributed by atoms with Crippen molar-refractivity contribution in [1.82, 2.24) is 0 Å². The highest BCUT2D eigenvalue weighted by Gasteiger charge is 1.98. The van der Waals surface area contributed by atoms with Crippen LogP contribution in [0, 0.1) is 0 Å². The molecule has 0 saturated carbocycles. The van der Waals surface area contributed by atoms with Crippen LogP contribution in [0.2, 0.25) is 0 Å². The fourth-order valence-electron chi connectivity index (χ4n) is 1.99. The number of nitrogens with two attached hydrogens (primary N) is 2. The number of benzene rings is 2. The van der Waals surface area contributed by atoms with Crippen molar-refractivity contribution in [2.24, 2.45) is 11.5 Å². The van der Waals surface area contributed by atoms with Gasteiger partial charge in [-0.1, -0.05) is 36.4 Å². The predicted molar refractivity (Wildman–Crippen MR) is 69.5 cm³/mol. The maximum Gasteiger partial charge on any atom is -0.00367 e. The molecule has 16 heavy (non-hydrogen) atoms. The molecule has 2 nitrogen and oxygen atoms in total. The summed E-state index contributed by atoms with van der Waals surface area (Å²) in [6.45, 7) is 1.40. The first-order valence-corrected chi connectivity index (χ1v) is 5.75. The predicted octanol–water partition coefficient (Wildman–Crippen LogP) is 1.84. The lowest BCUT2D eigenvalue weighted by atomic mass is 10.0. The van der Waals surface area contributed by atoms with Gasteiger partial charge < -0.3 is 11.5 Å². The van der Waals surface area contributed by atoms with Crippen molar-refractivity contribution >= 4 is 10.8 Å². The van der Waals surface area contributed by atoms with Crippen LogP contribution < -0.4 is 11.5 Å². The highest BCUT2D eigenvalue weighted by atomic mass is 14.5. The first-order chi connectivity index (χ1) is 7.83. The Hall–Kier alpha value is -1.38. The van der Waals surface area contributed by atoms with E-state index in [-0.39, 0.29) is 0 Å². The molecule has 0 aliphatic rings. The molecule has 84 valence electrons. The number of hydrogen-bond acceptors (Lipinski definition) is 2. The average molecular weight is 214 g/mol. The Balaban J connectivity index is 2.39. The van der Waals surface area contributed by atoms with Crippen molar-refractivity contribution in [3.05, 3.63) is 47.5 Å². The third-order valence-electron chi connectivity index (χ3n) is 2.84. The van der Waals surface area contributed by atoms with Crippen LogP contribution in [0.1, 0.15) is 11.1 Å². The Kier molecular flexibility index (Phi) is 3.54. The third-order valence-corrected chi connectivity index (χ3v) is 2.84. The van der Waals surface area contributed by atoms with Crippen LogP contribution in [0.15, 0.2) is 36.4 Å². The zero-order chi connectivity index (χ0) is 11.4. The van der Waals surface area contributed by atoms with Gasteiger partial charge in [-0.05, 0) is 47.8 Å². The lowest BCUT2D eigenvalue weighted by molar-refractivity contribution is 0.967. The molecular weight excluding hydrogens is 196 g/mol. The van der Waals surface area contributed by atoms with Crippen LogP contribution in [-0.2, 0) is 12.8 Å². The van der Waals surface area contributed by atoms with Crippen LogP contribution in [0.3, 0.4) is 0 Å². The number of rotatable bonds is 4. The van der Waals surface area contributed by atoms with E-state index in [4.69, 9.17) is 11.5 Å². The average Bonchev–Trinajstić information content (AvgIpc) is 2.29. The lowest BCUT2D eigenvalue weighted by Crippen LogP contribution is -2.03. The van der Waals surface area contributed by atoms with Crippen LogP contribution in [0.25, 0.3) is 10.8 Å². The number of fused-ring (bicyclic) bond motifs is 1. The molecule has 0 aromatic heterocycles. The minimum atomic E-state index is 0.702. The Morgan fingerprint density at radius 3 is 1.62 bits per heavy atom. The van der Waals surface area contributed by atoms with E-state index in [1.807, 2.05) is 0 Å². The monoisotopic (exact) mass is 214 g/mol. The zero-order valence-electron chi connectivity index (χ0n) is 9.45. The summed E-state index contributed by atoms with van der Waals surface area (Å²) in [6.07, 6.45) is 1.88. The van der Waals surface area contributed by atoms with Gasteiger partial charge >= 0.3 is 0 Å². The van der Waals surface area contributed by atoms with E-state index in [1.54, 1.807) is 0 Å². The molecular formula is C14H18N2. The molecule has 4 N–H and O–H groups in total. The third kappa shape index (κ3) is 2.40. The topological polar surface area (TPSA) is 52.0 Å². The van der Waals surface area contributed by atoms with Crippen molar-refractivity contribution in [1.29, 1.82) is 0 Å². The largest absolute Gasteiger partial charge is 0.330 e. The van der Waals surface area contributed by atoms with Crippen molar-refractivity contribution < 1.29 is 0 Å². The van der Waals surface area contributed by atoms with Crippen LogP contribution in [-0.4, -0.2) is 13.1 Å². The van der Waals surface area contributed by atoms with Gasteiger partial charge in [-0.2, -0.15) is 0 Å². The molecule has 2 rings (SSSR count). The lowest BCUT2D eigenvalue weighted by Gasteiger charge is -2.05. The quantitative estimate of drug-likeness (QED) is 0.816. The highest BCUT2D eigenvalue weighted by molar-refractivity contribution is 5.83. The molecule has 0 aliphatic carbocycles. The molecule has 0 saturated heterocycles. The maximum atomic E-state index is 5.57. The summed E-state index contributed by atoms with van der Waals surface area (Å²) in [7, 11) is 0. The van der Waals surface area contributed by atoms with E-state index in [1.165, 1.54) is 21.9 Å². The van der Waals surface area contributed by atoms with E-state index < -0.39 is 0 Å². The van der Waals surface area contributed by atoms with E-state index in [2.05, 4.69) is 36.4 Å². The molecule has 0 aliphatic heterocycles. The van der Waals surface area contributed by atoms with Gasteiger partial charge in [0.2, 0.25) is 0 Å². The number of hydrogen-bond donors (Lipinski definition) is 2. The van der Waals surface area contributed by atoms with Gasteiger partial charge in [0.15, 0.2) is 0 Å². The van der Waals surface area contributed by atoms with Gasteiger partial charge in [-0.25, -0.2) is 0 Å². The van der Waals surface area contributed by atoms with Crippen molar-refractivity contribution in [2.75, 3.05) is 13.1 Å². The SMILES string of the molecule is NCCc1ccc2ccc(CCN)cc2c1. The minimum absolute atomic E-state index is 0.702.